The number of nitrogens with one attached hydrogen (secondary N) is 2. The Hall–Kier alpha value is -3.05. The van der Waals surface area contributed by atoms with Crippen molar-refractivity contribution in [1.29, 1.82) is 0 Å². The molecule has 2 aliphatic rings. The zero-order valence-electron chi connectivity index (χ0n) is 18.4. The maximum absolute atomic E-state index is 13.5. The third-order valence-corrected chi connectivity index (χ3v) is 7.01. The highest BCUT2D eigenvalue weighted by Gasteiger charge is 2.36. The second-order valence-electron chi connectivity index (χ2n) is 8.96. The summed E-state index contributed by atoms with van der Waals surface area (Å²) in [6.07, 6.45) is 1.33. The van der Waals surface area contributed by atoms with E-state index in [2.05, 4.69) is 60.2 Å². The molecule has 0 spiro atoms. The monoisotopic (exact) mass is 444 g/mol. The van der Waals surface area contributed by atoms with E-state index in [1.807, 2.05) is 30.3 Å². The van der Waals surface area contributed by atoms with Crippen LogP contribution in [0.2, 0.25) is 0 Å². The molecule has 2 unspecified atom stereocenters. The normalized spacial score (nSPS) is 20.2. The van der Waals surface area contributed by atoms with Gasteiger partial charge in [0.2, 0.25) is 0 Å². The summed E-state index contributed by atoms with van der Waals surface area (Å²) in [5.74, 6) is 1.74. The summed E-state index contributed by atoms with van der Waals surface area (Å²) in [6, 6.07) is 20.5. The summed E-state index contributed by atoms with van der Waals surface area (Å²) >= 11 is 1.69. The number of benzene rings is 2. The first-order chi connectivity index (χ1) is 15.6. The Labute approximate surface area is 193 Å². The third kappa shape index (κ3) is 4.17. The highest BCUT2D eigenvalue weighted by Crippen LogP contribution is 2.45. The van der Waals surface area contributed by atoms with Gasteiger partial charge in [-0.25, -0.2) is 0 Å². The van der Waals surface area contributed by atoms with Crippen molar-refractivity contribution in [3.63, 3.8) is 0 Å². The van der Waals surface area contributed by atoms with Gasteiger partial charge in [-0.1, -0.05) is 44.2 Å². The van der Waals surface area contributed by atoms with Gasteiger partial charge < -0.3 is 15.4 Å². The van der Waals surface area contributed by atoms with Gasteiger partial charge in [0.1, 0.15) is 5.75 Å². The molecule has 2 atom stereocenters. The molecule has 2 heterocycles. The molecule has 1 aromatic heterocycles. The minimum absolute atomic E-state index is 0.124. The number of rotatable bonds is 5. The van der Waals surface area contributed by atoms with E-state index in [1.165, 1.54) is 5.56 Å². The number of anilines is 2. The van der Waals surface area contributed by atoms with Crippen LogP contribution < -0.4 is 15.4 Å². The number of carbonyl (C=O) groups excluding carboxylic acids is 1. The number of Topliss-reactive ketones (excluding diaryl/α,β-unsaturated/α-hetero) is 1. The molecule has 0 saturated heterocycles. The second-order valence-corrected chi connectivity index (χ2v) is 9.94. The quantitative estimate of drug-likeness (QED) is 0.456. The van der Waals surface area contributed by atoms with Crippen LogP contribution in [0, 0.1) is 5.92 Å². The summed E-state index contributed by atoms with van der Waals surface area (Å²) < 4.78 is 5.83. The summed E-state index contributed by atoms with van der Waals surface area (Å²) in [5, 5.41) is 9.30. The van der Waals surface area contributed by atoms with E-state index in [0.717, 1.165) is 39.7 Å². The lowest BCUT2D eigenvalue weighted by atomic mass is 9.79. The van der Waals surface area contributed by atoms with Gasteiger partial charge in [0.25, 0.3) is 0 Å². The van der Waals surface area contributed by atoms with Gasteiger partial charge in [-0.2, -0.15) is 0 Å². The van der Waals surface area contributed by atoms with Gasteiger partial charge in [-0.15, -0.1) is 11.3 Å². The molecular weight excluding hydrogens is 416 g/mol. The average Bonchev–Trinajstić information content (AvgIpc) is 3.27. The molecular formula is C27H28N2O2S. The number of hydrogen-bond donors (Lipinski definition) is 2. The van der Waals surface area contributed by atoms with Crippen LogP contribution in [-0.4, -0.2) is 12.4 Å². The number of allylic oxidation sites excluding steroid dienone is 1. The lowest BCUT2D eigenvalue weighted by Gasteiger charge is -2.29. The van der Waals surface area contributed by atoms with E-state index in [1.54, 1.807) is 11.3 Å². The molecule has 4 nitrogen and oxygen atoms in total. The number of fused-ring (bicyclic) bond motifs is 1. The molecule has 1 aliphatic carbocycles. The molecule has 0 fully saturated rings. The minimum Gasteiger partial charge on any atom is -0.493 e. The lowest BCUT2D eigenvalue weighted by molar-refractivity contribution is -0.116. The Morgan fingerprint density at radius 1 is 1.00 bits per heavy atom. The Morgan fingerprint density at radius 2 is 1.78 bits per heavy atom. The van der Waals surface area contributed by atoms with Crippen LogP contribution in [0.25, 0.3) is 0 Å². The number of thiophene rings is 1. The molecule has 0 saturated carbocycles. The van der Waals surface area contributed by atoms with E-state index in [-0.39, 0.29) is 17.7 Å². The SMILES string of the molecule is CC(C)COc1ccc(C2CC(=O)C3=C(C2)Nc2ccccc2NC3c2cccs2)cc1. The van der Waals surface area contributed by atoms with Crippen molar-refractivity contribution in [2.24, 2.45) is 5.92 Å². The maximum atomic E-state index is 13.5. The fourth-order valence-electron chi connectivity index (χ4n) is 4.50. The van der Waals surface area contributed by atoms with Crippen LogP contribution in [0.3, 0.4) is 0 Å². The minimum atomic E-state index is -0.124. The first kappa shape index (κ1) is 20.8. The lowest BCUT2D eigenvalue weighted by Crippen LogP contribution is -2.26. The second kappa shape index (κ2) is 8.83. The number of para-hydroxylation sites is 2. The maximum Gasteiger partial charge on any atom is 0.163 e. The van der Waals surface area contributed by atoms with E-state index >= 15 is 0 Å². The van der Waals surface area contributed by atoms with E-state index in [0.29, 0.717) is 18.9 Å². The Morgan fingerprint density at radius 3 is 2.50 bits per heavy atom. The summed E-state index contributed by atoms with van der Waals surface area (Å²) in [6.45, 7) is 4.99. The largest absolute Gasteiger partial charge is 0.493 e. The summed E-state index contributed by atoms with van der Waals surface area (Å²) in [4.78, 5) is 14.7. The molecule has 5 heteroatoms. The van der Waals surface area contributed by atoms with Gasteiger partial charge in [0.15, 0.2) is 5.78 Å². The van der Waals surface area contributed by atoms with Crippen molar-refractivity contribution in [2.75, 3.05) is 17.2 Å². The predicted molar refractivity (Wildman–Crippen MR) is 132 cm³/mol. The standard InChI is InChI=1S/C27H28N2O2S/c1-17(2)16-31-20-11-9-18(10-12-20)19-14-23-26(24(30)15-19)27(25-8-5-13-32-25)29-22-7-4-3-6-21(22)28-23/h3-13,17,19,27-29H,14-16H2,1-2H3. The van der Waals surface area contributed by atoms with Crippen LogP contribution in [0.1, 0.15) is 49.1 Å². The van der Waals surface area contributed by atoms with Gasteiger partial charge >= 0.3 is 0 Å². The smallest absolute Gasteiger partial charge is 0.163 e. The van der Waals surface area contributed by atoms with Crippen molar-refractivity contribution in [3.05, 3.63) is 87.8 Å². The van der Waals surface area contributed by atoms with Crippen LogP contribution in [-0.2, 0) is 4.79 Å². The number of ketones is 1. The number of ether oxygens (including phenoxy) is 1. The Kier molecular flexibility index (Phi) is 5.75. The molecule has 3 aromatic rings. The van der Waals surface area contributed by atoms with Crippen molar-refractivity contribution in [1.82, 2.24) is 0 Å². The van der Waals surface area contributed by atoms with Crippen LogP contribution >= 0.6 is 11.3 Å². The molecule has 0 radical (unpaired) electrons. The van der Waals surface area contributed by atoms with Gasteiger partial charge in [0.05, 0.1) is 24.0 Å². The molecule has 2 aromatic carbocycles. The van der Waals surface area contributed by atoms with Crippen LogP contribution in [0.15, 0.2) is 77.3 Å². The predicted octanol–water partition coefficient (Wildman–Crippen LogP) is 6.76. The third-order valence-electron chi connectivity index (χ3n) is 6.07. The number of carbonyl (C=O) groups is 1. The molecule has 32 heavy (non-hydrogen) atoms. The first-order valence-corrected chi connectivity index (χ1v) is 12.1. The van der Waals surface area contributed by atoms with Crippen molar-refractivity contribution >= 4 is 28.5 Å². The summed E-state index contributed by atoms with van der Waals surface area (Å²) in [7, 11) is 0. The molecule has 0 bridgehead atoms. The fourth-order valence-corrected chi connectivity index (χ4v) is 5.28. The van der Waals surface area contributed by atoms with Crippen molar-refractivity contribution in [2.45, 2.75) is 38.6 Å². The van der Waals surface area contributed by atoms with Crippen molar-refractivity contribution in [3.8, 4) is 5.75 Å². The molecule has 1 aliphatic heterocycles. The van der Waals surface area contributed by atoms with E-state index < -0.39 is 0 Å². The Balaban J connectivity index is 1.46. The summed E-state index contributed by atoms with van der Waals surface area (Å²) in [5.41, 5.74) is 5.13. The zero-order valence-corrected chi connectivity index (χ0v) is 19.2. The topological polar surface area (TPSA) is 50.4 Å². The molecule has 0 amide bonds. The first-order valence-electron chi connectivity index (χ1n) is 11.2. The average molecular weight is 445 g/mol. The van der Waals surface area contributed by atoms with Gasteiger partial charge in [-0.3, -0.25) is 4.79 Å². The van der Waals surface area contributed by atoms with Crippen LogP contribution in [0.4, 0.5) is 11.4 Å². The fraction of sp³-hybridized carbons (Fsp3) is 0.296. The van der Waals surface area contributed by atoms with E-state index in [4.69, 9.17) is 4.74 Å². The van der Waals surface area contributed by atoms with Crippen molar-refractivity contribution < 1.29 is 9.53 Å². The Bertz CT molecular complexity index is 1130. The van der Waals surface area contributed by atoms with Crippen LogP contribution in [0.5, 0.6) is 5.75 Å². The van der Waals surface area contributed by atoms with Gasteiger partial charge in [0, 0.05) is 22.6 Å². The highest BCUT2D eigenvalue weighted by atomic mass is 32.1. The zero-order chi connectivity index (χ0) is 22.1. The van der Waals surface area contributed by atoms with Gasteiger partial charge in [-0.05, 0) is 59.5 Å². The molecule has 164 valence electrons. The highest BCUT2D eigenvalue weighted by molar-refractivity contribution is 7.10. The number of hydrogen-bond acceptors (Lipinski definition) is 5. The molecule has 2 N–H and O–H groups in total. The van der Waals surface area contributed by atoms with E-state index in [9.17, 15) is 4.79 Å². The molecule has 5 rings (SSSR count).